The largest absolute Gasteiger partial charge is 0.148 e. The van der Waals surface area contributed by atoms with Crippen LogP contribution < -0.4 is 0 Å². The van der Waals surface area contributed by atoms with Crippen LogP contribution in [0.15, 0.2) is 11.4 Å². The Morgan fingerprint density at radius 3 is 3.09 bits per heavy atom. The molecule has 0 aromatic carbocycles. The summed E-state index contributed by atoms with van der Waals surface area (Å²) in [4.78, 5) is 1.67. The van der Waals surface area contributed by atoms with Gasteiger partial charge in [0.15, 0.2) is 0 Å². The smallest absolute Gasteiger partial charge is 0.0111 e. The molecule has 0 fully saturated rings. The minimum absolute atomic E-state index is 0.829. The summed E-state index contributed by atoms with van der Waals surface area (Å²) in [6, 6.07) is 2.29. The van der Waals surface area contributed by atoms with Crippen molar-refractivity contribution in [3.8, 4) is 0 Å². The maximum atomic E-state index is 2.33. The van der Waals surface area contributed by atoms with Crippen LogP contribution in [0.25, 0.3) is 0 Å². The summed E-state index contributed by atoms with van der Waals surface area (Å²) in [5, 5.41) is 2.24. The van der Waals surface area contributed by atoms with Crippen molar-refractivity contribution < 1.29 is 0 Å². The van der Waals surface area contributed by atoms with E-state index in [0.717, 1.165) is 11.8 Å². The van der Waals surface area contributed by atoms with E-state index in [1.54, 1.807) is 10.4 Å². The molecule has 0 saturated heterocycles. The number of hydrogen-bond acceptors (Lipinski definition) is 1. The van der Waals surface area contributed by atoms with E-state index in [1.165, 1.54) is 12.8 Å². The van der Waals surface area contributed by atoms with Gasteiger partial charge in [-0.1, -0.05) is 13.8 Å². The van der Waals surface area contributed by atoms with Gasteiger partial charge in [-0.25, -0.2) is 0 Å². The maximum Gasteiger partial charge on any atom is 0.0111 e. The van der Waals surface area contributed by atoms with Gasteiger partial charge in [0.1, 0.15) is 0 Å². The monoisotopic (exact) mass is 166 g/mol. The van der Waals surface area contributed by atoms with Gasteiger partial charge in [-0.2, -0.15) is 0 Å². The SMILES string of the molecule is CC(C)C1CCc2ccsc21. The van der Waals surface area contributed by atoms with Gasteiger partial charge < -0.3 is 0 Å². The van der Waals surface area contributed by atoms with Crippen molar-refractivity contribution >= 4 is 11.3 Å². The quantitative estimate of drug-likeness (QED) is 0.599. The molecule has 1 heterocycles. The van der Waals surface area contributed by atoms with Gasteiger partial charge in [-0.05, 0) is 41.7 Å². The van der Waals surface area contributed by atoms with Gasteiger partial charge in [0.05, 0.1) is 0 Å². The Kier molecular flexibility index (Phi) is 1.76. The van der Waals surface area contributed by atoms with Crippen molar-refractivity contribution in [3.05, 3.63) is 21.9 Å². The molecule has 2 rings (SSSR count). The standard InChI is InChI=1S/C10H14S/c1-7(2)9-4-3-8-5-6-11-10(8)9/h5-7,9H,3-4H2,1-2H3. The fourth-order valence-corrected chi connectivity index (χ4v) is 3.22. The van der Waals surface area contributed by atoms with Crippen molar-refractivity contribution in [1.29, 1.82) is 0 Å². The lowest BCUT2D eigenvalue weighted by molar-refractivity contribution is 0.501. The van der Waals surface area contributed by atoms with Gasteiger partial charge in [0.25, 0.3) is 0 Å². The zero-order valence-electron chi connectivity index (χ0n) is 7.13. The predicted molar refractivity (Wildman–Crippen MR) is 50.2 cm³/mol. The van der Waals surface area contributed by atoms with Crippen molar-refractivity contribution in [3.63, 3.8) is 0 Å². The zero-order valence-corrected chi connectivity index (χ0v) is 7.95. The number of fused-ring (bicyclic) bond motifs is 1. The van der Waals surface area contributed by atoms with E-state index in [4.69, 9.17) is 0 Å². The molecule has 1 heteroatoms. The fraction of sp³-hybridized carbons (Fsp3) is 0.600. The first-order chi connectivity index (χ1) is 5.29. The van der Waals surface area contributed by atoms with Gasteiger partial charge >= 0.3 is 0 Å². The van der Waals surface area contributed by atoms with E-state index in [1.807, 2.05) is 11.3 Å². The lowest BCUT2D eigenvalue weighted by atomic mass is 9.95. The summed E-state index contributed by atoms with van der Waals surface area (Å²) in [5.41, 5.74) is 1.62. The summed E-state index contributed by atoms with van der Waals surface area (Å²) in [7, 11) is 0. The van der Waals surface area contributed by atoms with Crippen molar-refractivity contribution in [2.45, 2.75) is 32.6 Å². The molecule has 1 atom stereocenters. The molecule has 60 valence electrons. The third-order valence-electron chi connectivity index (χ3n) is 2.65. The molecule has 1 unspecified atom stereocenters. The summed E-state index contributed by atoms with van der Waals surface area (Å²) in [5.74, 6) is 1.69. The van der Waals surface area contributed by atoms with Gasteiger partial charge in [0.2, 0.25) is 0 Å². The van der Waals surface area contributed by atoms with Crippen LogP contribution in [0.5, 0.6) is 0 Å². The van der Waals surface area contributed by atoms with Crippen molar-refractivity contribution in [2.24, 2.45) is 5.92 Å². The zero-order chi connectivity index (χ0) is 7.84. The van der Waals surface area contributed by atoms with E-state index in [2.05, 4.69) is 25.3 Å². The topological polar surface area (TPSA) is 0 Å². The highest BCUT2D eigenvalue weighted by Crippen LogP contribution is 2.41. The number of thiophene rings is 1. The van der Waals surface area contributed by atoms with Crippen molar-refractivity contribution in [1.82, 2.24) is 0 Å². The molecule has 0 N–H and O–H groups in total. The third-order valence-corrected chi connectivity index (χ3v) is 3.74. The van der Waals surface area contributed by atoms with Crippen LogP contribution in [0.3, 0.4) is 0 Å². The number of hydrogen-bond donors (Lipinski definition) is 0. The van der Waals surface area contributed by atoms with E-state index < -0.39 is 0 Å². The van der Waals surface area contributed by atoms with E-state index in [0.29, 0.717) is 0 Å². The lowest BCUT2D eigenvalue weighted by Crippen LogP contribution is -1.99. The molecular weight excluding hydrogens is 152 g/mol. The molecule has 1 aliphatic rings. The molecule has 11 heavy (non-hydrogen) atoms. The van der Waals surface area contributed by atoms with E-state index in [-0.39, 0.29) is 0 Å². The Labute approximate surface area is 72.3 Å². The highest BCUT2D eigenvalue weighted by atomic mass is 32.1. The Bertz CT molecular complexity index is 247. The third kappa shape index (κ3) is 1.12. The van der Waals surface area contributed by atoms with Crippen LogP contribution in [0, 0.1) is 5.92 Å². The summed E-state index contributed by atoms with van der Waals surface area (Å²) >= 11 is 1.95. The van der Waals surface area contributed by atoms with Gasteiger partial charge in [-0.15, -0.1) is 11.3 Å². The van der Waals surface area contributed by atoms with Crippen LogP contribution in [-0.2, 0) is 6.42 Å². The average Bonchev–Trinajstić information content (AvgIpc) is 2.41. The van der Waals surface area contributed by atoms with Crippen LogP contribution >= 0.6 is 11.3 Å². The van der Waals surface area contributed by atoms with Crippen LogP contribution in [-0.4, -0.2) is 0 Å². The average molecular weight is 166 g/mol. The molecule has 0 saturated carbocycles. The summed E-state index contributed by atoms with van der Waals surface area (Å²) in [6.07, 6.45) is 2.71. The Balaban J connectivity index is 2.31. The van der Waals surface area contributed by atoms with E-state index >= 15 is 0 Å². The highest BCUT2D eigenvalue weighted by Gasteiger charge is 2.25. The molecule has 0 spiro atoms. The second-order valence-corrected chi connectivity index (χ2v) is 4.65. The molecule has 1 aromatic rings. The molecule has 0 radical (unpaired) electrons. The summed E-state index contributed by atoms with van der Waals surface area (Å²) < 4.78 is 0. The molecule has 1 aliphatic carbocycles. The lowest BCUT2D eigenvalue weighted by Gasteiger charge is -2.12. The molecular formula is C10H14S. The molecule has 0 bridgehead atoms. The first kappa shape index (κ1) is 7.35. The van der Waals surface area contributed by atoms with Gasteiger partial charge in [0, 0.05) is 4.88 Å². The Hall–Kier alpha value is -0.300. The minimum atomic E-state index is 0.829. The second-order valence-electron chi connectivity index (χ2n) is 3.70. The molecule has 0 nitrogen and oxygen atoms in total. The normalized spacial score (nSPS) is 22.6. The molecule has 1 aromatic heterocycles. The second kappa shape index (κ2) is 2.63. The van der Waals surface area contributed by atoms with E-state index in [9.17, 15) is 0 Å². The minimum Gasteiger partial charge on any atom is -0.148 e. The van der Waals surface area contributed by atoms with Crippen molar-refractivity contribution in [2.75, 3.05) is 0 Å². The first-order valence-corrected chi connectivity index (χ1v) is 5.23. The van der Waals surface area contributed by atoms with Crippen LogP contribution in [0.1, 0.15) is 36.6 Å². The Morgan fingerprint density at radius 2 is 2.36 bits per heavy atom. The first-order valence-electron chi connectivity index (χ1n) is 4.35. The number of aryl methyl sites for hydroxylation is 1. The summed E-state index contributed by atoms with van der Waals surface area (Å²) in [6.45, 7) is 4.67. The molecule has 0 amide bonds. The number of rotatable bonds is 1. The van der Waals surface area contributed by atoms with Crippen LogP contribution in [0.4, 0.5) is 0 Å². The highest BCUT2D eigenvalue weighted by molar-refractivity contribution is 7.10. The maximum absolute atomic E-state index is 2.33. The molecule has 0 aliphatic heterocycles. The predicted octanol–water partition coefficient (Wildman–Crippen LogP) is 3.43. The fourth-order valence-electron chi connectivity index (χ4n) is 1.96. The van der Waals surface area contributed by atoms with Crippen LogP contribution in [0.2, 0.25) is 0 Å². The Morgan fingerprint density at radius 1 is 1.55 bits per heavy atom. The van der Waals surface area contributed by atoms with Gasteiger partial charge in [-0.3, -0.25) is 0 Å².